The van der Waals surface area contributed by atoms with Crippen LogP contribution in [0.5, 0.6) is 0 Å². The number of aromatic nitrogens is 2. The molecule has 1 aromatic rings. The summed E-state index contributed by atoms with van der Waals surface area (Å²) in [4.78, 5) is 25.0. The van der Waals surface area contributed by atoms with E-state index in [1.165, 1.54) is 10.8 Å². The Balaban J connectivity index is 1.96. The van der Waals surface area contributed by atoms with Crippen LogP contribution >= 0.6 is 0 Å². The molecule has 8 heteroatoms. The summed E-state index contributed by atoms with van der Waals surface area (Å²) in [6.45, 7) is 2.05. The molecule has 0 amide bonds. The number of hydrogen-bond acceptors (Lipinski definition) is 5. The molecule has 2 rings (SSSR count). The van der Waals surface area contributed by atoms with Crippen LogP contribution in [0.25, 0.3) is 0 Å². The average Bonchev–Trinajstić information content (AvgIpc) is 3.03. The molecular weight excluding hydrogens is 284 g/mol. The van der Waals surface area contributed by atoms with Gasteiger partial charge in [-0.2, -0.15) is 8.42 Å². The lowest BCUT2D eigenvalue weighted by atomic mass is 10.2. The molecule has 1 aliphatic carbocycles. The third kappa shape index (κ3) is 3.80. The number of aryl methyl sites for hydroxylation is 2. The summed E-state index contributed by atoms with van der Waals surface area (Å²) >= 11 is 0. The number of aromatic amines is 1. The summed E-state index contributed by atoms with van der Waals surface area (Å²) < 4.78 is 28.8. The van der Waals surface area contributed by atoms with Gasteiger partial charge in [-0.25, -0.2) is 4.79 Å². The first-order chi connectivity index (χ1) is 9.21. The van der Waals surface area contributed by atoms with Gasteiger partial charge >= 0.3 is 5.69 Å². The van der Waals surface area contributed by atoms with Crippen molar-refractivity contribution in [2.24, 2.45) is 0 Å². The quantitative estimate of drug-likeness (QED) is 0.753. The van der Waals surface area contributed by atoms with E-state index in [2.05, 4.69) is 4.98 Å². The minimum absolute atomic E-state index is 0.384. The number of nitrogens with one attached hydrogen (secondary N) is 1. The molecule has 1 N–H and O–H groups in total. The third-order valence-electron chi connectivity index (χ3n) is 3.36. The predicted molar refractivity (Wildman–Crippen MR) is 73.2 cm³/mol. The van der Waals surface area contributed by atoms with Crippen molar-refractivity contribution >= 4 is 10.1 Å². The molecular formula is C12H18N2O5S. The van der Waals surface area contributed by atoms with Gasteiger partial charge in [-0.05, 0) is 32.6 Å². The summed E-state index contributed by atoms with van der Waals surface area (Å²) in [6, 6.07) is 0. The maximum atomic E-state index is 11.6. The van der Waals surface area contributed by atoms with Gasteiger partial charge in [-0.1, -0.05) is 0 Å². The molecule has 112 valence electrons. The second kappa shape index (κ2) is 5.17. The van der Waals surface area contributed by atoms with Crippen LogP contribution < -0.4 is 11.2 Å². The van der Waals surface area contributed by atoms with E-state index in [1.54, 1.807) is 6.92 Å². The SMILES string of the molecule is Cc1cn(CCCC2(OS(C)(=O)=O)CC2)c(=O)[nH]c1=O. The molecule has 0 bridgehead atoms. The van der Waals surface area contributed by atoms with Crippen molar-refractivity contribution in [1.29, 1.82) is 0 Å². The first kappa shape index (κ1) is 15.0. The lowest BCUT2D eigenvalue weighted by Gasteiger charge is -2.14. The van der Waals surface area contributed by atoms with Crippen LogP contribution in [0.3, 0.4) is 0 Å². The van der Waals surface area contributed by atoms with E-state index in [4.69, 9.17) is 4.18 Å². The topological polar surface area (TPSA) is 98.2 Å². The Hall–Kier alpha value is -1.41. The Bertz CT molecular complexity index is 712. The van der Waals surface area contributed by atoms with Crippen LogP contribution in [0.4, 0.5) is 0 Å². The molecule has 0 aromatic carbocycles. The lowest BCUT2D eigenvalue weighted by molar-refractivity contribution is 0.173. The molecule has 0 radical (unpaired) electrons. The Morgan fingerprint density at radius 1 is 1.40 bits per heavy atom. The molecule has 0 atom stereocenters. The first-order valence-electron chi connectivity index (χ1n) is 6.42. The highest BCUT2D eigenvalue weighted by atomic mass is 32.2. The minimum atomic E-state index is -3.45. The van der Waals surface area contributed by atoms with Gasteiger partial charge in [0, 0.05) is 18.3 Å². The maximum absolute atomic E-state index is 11.6. The zero-order chi connectivity index (χ0) is 15.0. The van der Waals surface area contributed by atoms with E-state index < -0.39 is 21.4 Å². The monoisotopic (exact) mass is 302 g/mol. The summed E-state index contributed by atoms with van der Waals surface area (Å²) in [5.41, 5.74) is -0.938. The number of rotatable bonds is 6. The largest absolute Gasteiger partial charge is 0.328 e. The van der Waals surface area contributed by atoms with Crippen LogP contribution in [0, 0.1) is 6.92 Å². The molecule has 0 spiro atoms. The molecule has 1 fully saturated rings. The van der Waals surface area contributed by atoms with Crippen LogP contribution in [-0.4, -0.2) is 29.8 Å². The first-order valence-corrected chi connectivity index (χ1v) is 8.23. The van der Waals surface area contributed by atoms with Gasteiger partial charge in [0.2, 0.25) is 0 Å². The van der Waals surface area contributed by atoms with Gasteiger partial charge in [0.15, 0.2) is 0 Å². The zero-order valence-corrected chi connectivity index (χ0v) is 12.3. The fourth-order valence-electron chi connectivity index (χ4n) is 2.19. The van der Waals surface area contributed by atoms with E-state index in [1.807, 2.05) is 0 Å². The van der Waals surface area contributed by atoms with E-state index in [0.717, 1.165) is 19.1 Å². The molecule has 1 saturated carbocycles. The fourth-order valence-corrected chi connectivity index (χ4v) is 3.08. The van der Waals surface area contributed by atoms with Gasteiger partial charge < -0.3 is 4.57 Å². The van der Waals surface area contributed by atoms with Gasteiger partial charge in [-0.3, -0.25) is 14.0 Å². The molecule has 1 aliphatic rings. The second-order valence-electron chi connectivity index (χ2n) is 5.34. The molecule has 7 nitrogen and oxygen atoms in total. The normalized spacial score (nSPS) is 17.1. The average molecular weight is 302 g/mol. The molecule has 0 unspecified atom stereocenters. The Morgan fingerprint density at radius 2 is 2.05 bits per heavy atom. The maximum Gasteiger partial charge on any atom is 0.328 e. The number of H-pyrrole nitrogens is 1. The summed E-state index contributed by atoms with van der Waals surface area (Å²) in [5, 5.41) is 0. The Morgan fingerprint density at radius 3 is 2.60 bits per heavy atom. The van der Waals surface area contributed by atoms with Crippen molar-refractivity contribution in [3.63, 3.8) is 0 Å². The standard InChI is InChI=1S/C12H18N2O5S/c1-9-8-14(11(16)13-10(9)15)7-3-4-12(5-6-12)19-20(2,17)18/h8H,3-7H2,1-2H3,(H,13,15,16). The van der Waals surface area contributed by atoms with Gasteiger partial charge in [0.1, 0.15) is 0 Å². The third-order valence-corrected chi connectivity index (χ3v) is 4.01. The fraction of sp³-hybridized carbons (Fsp3) is 0.667. The minimum Gasteiger partial charge on any atom is -0.300 e. The smallest absolute Gasteiger partial charge is 0.300 e. The highest BCUT2D eigenvalue weighted by Crippen LogP contribution is 2.44. The van der Waals surface area contributed by atoms with Crippen molar-refractivity contribution in [3.05, 3.63) is 32.6 Å². The Labute approximate surface area is 116 Å². The Kier molecular flexibility index (Phi) is 3.88. The second-order valence-corrected chi connectivity index (χ2v) is 6.91. The van der Waals surface area contributed by atoms with Crippen LogP contribution in [0.15, 0.2) is 15.8 Å². The highest BCUT2D eigenvalue weighted by Gasteiger charge is 2.46. The van der Waals surface area contributed by atoms with Crippen molar-refractivity contribution in [2.75, 3.05) is 6.26 Å². The number of nitrogens with zero attached hydrogens (tertiary/aromatic N) is 1. The van der Waals surface area contributed by atoms with Crippen molar-refractivity contribution < 1.29 is 12.6 Å². The summed E-state index contributed by atoms with van der Waals surface area (Å²) in [6.07, 6.45) is 5.19. The van der Waals surface area contributed by atoms with Crippen LogP contribution in [0.2, 0.25) is 0 Å². The van der Waals surface area contributed by atoms with Crippen molar-refractivity contribution in [3.8, 4) is 0 Å². The van der Waals surface area contributed by atoms with Crippen LogP contribution in [0.1, 0.15) is 31.2 Å². The van der Waals surface area contributed by atoms with E-state index in [-0.39, 0.29) is 5.56 Å². The highest BCUT2D eigenvalue weighted by molar-refractivity contribution is 7.86. The molecule has 0 saturated heterocycles. The van der Waals surface area contributed by atoms with Crippen molar-refractivity contribution in [2.45, 2.75) is 44.8 Å². The summed E-state index contributed by atoms with van der Waals surface area (Å²) in [5.74, 6) is 0. The van der Waals surface area contributed by atoms with E-state index >= 15 is 0 Å². The molecule has 0 aliphatic heterocycles. The zero-order valence-electron chi connectivity index (χ0n) is 11.5. The lowest BCUT2D eigenvalue weighted by Crippen LogP contribution is -2.31. The van der Waals surface area contributed by atoms with E-state index in [9.17, 15) is 18.0 Å². The van der Waals surface area contributed by atoms with Crippen molar-refractivity contribution in [1.82, 2.24) is 9.55 Å². The van der Waals surface area contributed by atoms with Gasteiger partial charge in [-0.15, -0.1) is 0 Å². The van der Waals surface area contributed by atoms with Crippen LogP contribution in [-0.2, 0) is 20.8 Å². The molecule has 1 heterocycles. The predicted octanol–water partition coefficient (Wildman–Crippen LogP) is 0.134. The molecule has 20 heavy (non-hydrogen) atoms. The number of hydrogen-bond donors (Lipinski definition) is 1. The molecule has 1 aromatic heterocycles. The van der Waals surface area contributed by atoms with Gasteiger partial charge in [0.05, 0.1) is 11.9 Å². The van der Waals surface area contributed by atoms with E-state index in [0.29, 0.717) is 24.9 Å². The summed E-state index contributed by atoms with van der Waals surface area (Å²) in [7, 11) is -3.45. The van der Waals surface area contributed by atoms with Gasteiger partial charge in [0.25, 0.3) is 15.7 Å².